The maximum atomic E-state index is 12.8. The molecule has 21 heavy (non-hydrogen) atoms. The van der Waals surface area contributed by atoms with E-state index in [1.165, 1.54) is 0 Å². The van der Waals surface area contributed by atoms with Gasteiger partial charge in [0.1, 0.15) is 11.6 Å². The summed E-state index contributed by atoms with van der Waals surface area (Å²) in [5, 5.41) is 2.88. The Kier molecular flexibility index (Phi) is 4.30. The molecule has 1 aliphatic heterocycles. The second-order valence-corrected chi connectivity index (χ2v) is 6.10. The molecule has 0 bridgehead atoms. The van der Waals surface area contributed by atoms with Gasteiger partial charge < -0.3 is 10.2 Å². The average Bonchev–Trinajstić information content (AvgIpc) is 2.48. The Morgan fingerprint density at radius 3 is 2.48 bits per heavy atom. The van der Waals surface area contributed by atoms with Crippen LogP contribution < -0.4 is 5.32 Å². The summed E-state index contributed by atoms with van der Waals surface area (Å²) in [4.78, 5) is 31.0. The summed E-state index contributed by atoms with van der Waals surface area (Å²) in [6.45, 7) is 8.09. The molecule has 1 aliphatic rings. The molecule has 1 fully saturated rings. The molecule has 0 saturated carbocycles. The van der Waals surface area contributed by atoms with Crippen LogP contribution in [0.25, 0.3) is 0 Å². The van der Waals surface area contributed by atoms with Crippen molar-refractivity contribution in [3.8, 4) is 0 Å². The standard InChI is InChI=1S/C16H23N3O2/c1-5-16(4)15(21)18-13(11(2)3)14(20)19(16)10-12-6-8-17-9-7-12/h6-9,11,13H,5,10H2,1-4H3,(H,18,21). The number of nitrogens with one attached hydrogen (secondary N) is 1. The first-order valence-corrected chi connectivity index (χ1v) is 7.41. The fourth-order valence-corrected chi connectivity index (χ4v) is 2.62. The predicted molar refractivity (Wildman–Crippen MR) is 80.3 cm³/mol. The summed E-state index contributed by atoms with van der Waals surface area (Å²) < 4.78 is 0. The monoisotopic (exact) mass is 289 g/mol. The molecular weight excluding hydrogens is 266 g/mol. The Morgan fingerprint density at radius 2 is 1.95 bits per heavy atom. The van der Waals surface area contributed by atoms with E-state index in [-0.39, 0.29) is 17.7 Å². The molecular formula is C16H23N3O2. The summed E-state index contributed by atoms with van der Waals surface area (Å²) in [6, 6.07) is 3.31. The van der Waals surface area contributed by atoms with Crippen molar-refractivity contribution >= 4 is 11.8 Å². The Morgan fingerprint density at radius 1 is 1.33 bits per heavy atom. The van der Waals surface area contributed by atoms with Gasteiger partial charge in [-0.2, -0.15) is 0 Å². The minimum atomic E-state index is -0.800. The normalized spacial score (nSPS) is 26.1. The van der Waals surface area contributed by atoms with Crippen LogP contribution in [0.2, 0.25) is 0 Å². The maximum absolute atomic E-state index is 12.8. The fourth-order valence-electron chi connectivity index (χ4n) is 2.62. The summed E-state index contributed by atoms with van der Waals surface area (Å²) in [5.74, 6) is -0.00841. The van der Waals surface area contributed by atoms with Crippen LogP contribution in [0, 0.1) is 5.92 Å². The Bertz CT molecular complexity index is 530. The van der Waals surface area contributed by atoms with E-state index in [1.807, 2.05) is 39.8 Å². The molecule has 114 valence electrons. The molecule has 2 amide bonds. The van der Waals surface area contributed by atoms with Gasteiger partial charge in [0.05, 0.1) is 0 Å². The number of hydrogen-bond donors (Lipinski definition) is 1. The van der Waals surface area contributed by atoms with Crippen molar-refractivity contribution in [2.75, 3.05) is 0 Å². The molecule has 0 aromatic carbocycles. The number of piperazine rings is 1. The first-order chi connectivity index (χ1) is 9.90. The molecule has 1 N–H and O–H groups in total. The van der Waals surface area contributed by atoms with Crippen LogP contribution in [-0.4, -0.2) is 33.3 Å². The lowest BCUT2D eigenvalue weighted by Crippen LogP contribution is -2.69. The van der Waals surface area contributed by atoms with Crippen molar-refractivity contribution in [1.29, 1.82) is 0 Å². The van der Waals surface area contributed by atoms with E-state index in [4.69, 9.17) is 0 Å². The zero-order chi connectivity index (χ0) is 15.6. The maximum Gasteiger partial charge on any atom is 0.246 e. The van der Waals surface area contributed by atoms with Crippen LogP contribution in [0.3, 0.4) is 0 Å². The van der Waals surface area contributed by atoms with Gasteiger partial charge in [-0.3, -0.25) is 14.6 Å². The third kappa shape index (κ3) is 2.77. The van der Waals surface area contributed by atoms with Gasteiger partial charge in [0, 0.05) is 18.9 Å². The Hall–Kier alpha value is -1.91. The summed E-state index contributed by atoms with van der Waals surface area (Å²) in [5.41, 5.74) is 0.182. The van der Waals surface area contributed by atoms with Gasteiger partial charge in [0.15, 0.2) is 0 Å². The van der Waals surface area contributed by atoms with Gasteiger partial charge in [0.2, 0.25) is 11.8 Å². The van der Waals surface area contributed by atoms with Crippen LogP contribution in [0.1, 0.15) is 39.7 Å². The molecule has 1 saturated heterocycles. The third-order valence-electron chi connectivity index (χ3n) is 4.35. The number of amides is 2. The topological polar surface area (TPSA) is 62.3 Å². The van der Waals surface area contributed by atoms with Gasteiger partial charge in [-0.15, -0.1) is 0 Å². The van der Waals surface area contributed by atoms with E-state index in [1.54, 1.807) is 17.3 Å². The highest BCUT2D eigenvalue weighted by molar-refractivity contribution is 5.99. The molecule has 1 aromatic rings. The highest BCUT2D eigenvalue weighted by Gasteiger charge is 2.48. The van der Waals surface area contributed by atoms with Crippen molar-refractivity contribution in [2.24, 2.45) is 5.92 Å². The molecule has 0 aliphatic carbocycles. The molecule has 5 heteroatoms. The van der Waals surface area contributed by atoms with E-state index in [2.05, 4.69) is 10.3 Å². The zero-order valence-electron chi connectivity index (χ0n) is 13.1. The number of aromatic nitrogens is 1. The molecule has 0 spiro atoms. The van der Waals surface area contributed by atoms with E-state index in [0.29, 0.717) is 13.0 Å². The Balaban J connectivity index is 2.35. The number of pyridine rings is 1. The van der Waals surface area contributed by atoms with Crippen molar-refractivity contribution in [3.05, 3.63) is 30.1 Å². The van der Waals surface area contributed by atoms with Gasteiger partial charge in [-0.25, -0.2) is 0 Å². The minimum Gasteiger partial charge on any atom is -0.342 e. The molecule has 2 atom stereocenters. The van der Waals surface area contributed by atoms with Gasteiger partial charge in [-0.05, 0) is 37.0 Å². The fraction of sp³-hybridized carbons (Fsp3) is 0.562. The lowest BCUT2D eigenvalue weighted by molar-refractivity contribution is -0.158. The molecule has 2 unspecified atom stereocenters. The summed E-state index contributed by atoms with van der Waals surface area (Å²) in [7, 11) is 0. The first kappa shape index (κ1) is 15.5. The number of carbonyl (C=O) groups excluding carboxylic acids is 2. The molecule has 1 aromatic heterocycles. The van der Waals surface area contributed by atoms with Crippen LogP contribution >= 0.6 is 0 Å². The van der Waals surface area contributed by atoms with Crippen LogP contribution in [0.5, 0.6) is 0 Å². The second-order valence-electron chi connectivity index (χ2n) is 6.10. The van der Waals surface area contributed by atoms with Gasteiger partial charge in [-0.1, -0.05) is 20.8 Å². The third-order valence-corrected chi connectivity index (χ3v) is 4.35. The van der Waals surface area contributed by atoms with E-state index < -0.39 is 11.6 Å². The van der Waals surface area contributed by atoms with Crippen molar-refractivity contribution in [3.63, 3.8) is 0 Å². The minimum absolute atomic E-state index is 0.00855. The largest absolute Gasteiger partial charge is 0.342 e. The quantitative estimate of drug-likeness (QED) is 0.918. The number of hydrogen-bond acceptors (Lipinski definition) is 3. The first-order valence-electron chi connectivity index (χ1n) is 7.41. The smallest absolute Gasteiger partial charge is 0.246 e. The second kappa shape index (κ2) is 5.84. The summed E-state index contributed by atoms with van der Waals surface area (Å²) in [6.07, 6.45) is 3.99. The Labute approximate surface area is 125 Å². The van der Waals surface area contributed by atoms with E-state index >= 15 is 0 Å². The number of rotatable bonds is 4. The lowest BCUT2D eigenvalue weighted by atomic mass is 9.87. The molecule has 2 heterocycles. The number of nitrogens with zero attached hydrogens (tertiary/aromatic N) is 2. The van der Waals surface area contributed by atoms with Crippen molar-refractivity contribution in [2.45, 2.75) is 52.2 Å². The highest BCUT2D eigenvalue weighted by atomic mass is 16.2. The molecule has 2 rings (SSSR count). The molecule has 5 nitrogen and oxygen atoms in total. The summed E-state index contributed by atoms with van der Waals surface area (Å²) >= 11 is 0. The van der Waals surface area contributed by atoms with Crippen molar-refractivity contribution in [1.82, 2.24) is 15.2 Å². The number of carbonyl (C=O) groups is 2. The SMILES string of the molecule is CCC1(C)C(=O)NC(C(C)C)C(=O)N1Cc1ccncc1. The van der Waals surface area contributed by atoms with Crippen molar-refractivity contribution < 1.29 is 9.59 Å². The van der Waals surface area contributed by atoms with Gasteiger partial charge >= 0.3 is 0 Å². The highest BCUT2D eigenvalue weighted by Crippen LogP contribution is 2.28. The zero-order valence-corrected chi connectivity index (χ0v) is 13.1. The van der Waals surface area contributed by atoms with E-state index in [0.717, 1.165) is 5.56 Å². The predicted octanol–water partition coefficient (Wildman–Crippen LogP) is 1.73. The van der Waals surface area contributed by atoms with E-state index in [9.17, 15) is 9.59 Å². The molecule has 0 radical (unpaired) electrons. The van der Waals surface area contributed by atoms with Crippen LogP contribution in [0.15, 0.2) is 24.5 Å². The van der Waals surface area contributed by atoms with Crippen LogP contribution in [-0.2, 0) is 16.1 Å². The van der Waals surface area contributed by atoms with Gasteiger partial charge in [0.25, 0.3) is 0 Å². The lowest BCUT2D eigenvalue weighted by Gasteiger charge is -2.47. The van der Waals surface area contributed by atoms with Crippen LogP contribution in [0.4, 0.5) is 0 Å². The average molecular weight is 289 g/mol.